The Kier molecular flexibility index (Phi) is 2.74. The molecule has 11 heavy (non-hydrogen) atoms. The van der Waals surface area contributed by atoms with Crippen molar-refractivity contribution in [1.29, 1.82) is 0 Å². The molecule has 0 unspecified atom stereocenters. The van der Waals surface area contributed by atoms with Crippen LogP contribution in [0.5, 0.6) is 5.75 Å². The highest BCUT2D eigenvalue weighted by atomic mass is 35.5. The van der Waals surface area contributed by atoms with E-state index in [4.69, 9.17) is 21.4 Å². The molecule has 0 aromatic heterocycles. The van der Waals surface area contributed by atoms with Crippen LogP contribution in [0.3, 0.4) is 0 Å². The Labute approximate surface area is 70.4 Å². The van der Waals surface area contributed by atoms with Gasteiger partial charge in [-0.25, -0.2) is 0 Å². The lowest BCUT2D eigenvalue weighted by atomic mass is 10.2. The smallest absolute Gasteiger partial charge is 0.116 e. The van der Waals surface area contributed by atoms with Crippen LogP contribution < -0.4 is 0 Å². The molecule has 0 atom stereocenters. The van der Waals surface area contributed by atoms with E-state index in [2.05, 4.69) is 0 Å². The first kappa shape index (κ1) is 8.37. The van der Waals surface area contributed by atoms with Crippen molar-refractivity contribution in [3.8, 4) is 5.75 Å². The van der Waals surface area contributed by atoms with Crippen molar-refractivity contribution in [1.82, 2.24) is 0 Å². The highest BCUT2D eigenvalue weighted by Gasteiger charge is 1.99. The fraction of sp³-hybridized carbons (Fsp3) is 0.250. The maximum absolute atomic E-state index is 9.05. The molecule has 3 heteroatoms. The Morgan fingerprint density at radius 2 is 2.27 bits per heavy atom. The van der Waals surface area contributed by atoms with Gasteiger partial charge in [-0.1, -0.05) is 11.6 Å². The van der Waals surface area contributed by atoms with E-state index < -0.39 is 0 Å². The van der Waals surface area contributed by atoms with E-state index >= 15 is 0 Å². The van der Waals surface area contributed by atoms with E-state index in [9.17, 15) is 0 Å². The van der Waals surface area contributed by atoms with E-state index in [1.54, 1.807) is 25.3 Å². The maximum Gasteiger partial charge on any atom is 0.116 e. The minimum Gasteiger partial charge on any atom is -0.508 e. The third-order valence-electron chi connectivity index (χ3n) is 1.33. The van der Waals surface area contributed by atoms with Crippen LogP contribution in [0.4, 0.5) is 0 Å². The summed E-state index contributed by atoms with van der Waals surface area (Å²) in [5, 5.41) is 9.67. The predicted molar refractivity (Wildman–Crippen MR) is 43.8 cm³/mol. The second-order valence-electron chi connectivity index (χ2n) is 2.21. The molecule has 0 saturated carbocycles. The molecular weight excluding hydrogens is 164 g/mol. The number of rotatable bonds is 2. The molecule has 1 rings (SSSR count). The number of benzene rings is 1. The molecule has 0 aliphatic rings. The molecule has 0 bridgehead atoms. The van der Waals surface area contributed by atoms with Crippen molar-refractivity contribution in [3.63, 3.8) is 0 Å². The van der Waals surface area contributed by atoms with Gasteiger partial charge in [-0.15, -0.1) is 0 Å². The largest absolute Gasteiger partial charge is 0.508 e. The van der Waals surface area contributed by atoms with Gasteiger partial charge in [-0.3, -0.25) is 0 Å². The molecule has 2 nitrogen and oxygen atoms in total. The number of halogens is 1. The van der Waals surface area contributed by atoms with Crippen molar-refractivity contribution < 1.29 is 9.84 Å². The number of hydrogen-bond donors (Lipinski definition) is 1. The van der Waals surface area contributed by atoms with Crippen molar-refractivity contribution in [2.75, 3.05) is 7.11 Å². The average Bonchev–Trinajstić information content (AvgIpc) is 1.98. The highest BCUT2D eigenvalue weighted by molar-refractivity contribution is 6.31. The van der Waals surface area contributed by atoms with Crippen molar-refractivity contribution >= 4 is 11.6 Å². The topological polar surface area (TPSA) is 29.5 Å². The minimum absolute atomic E-state index is 0.210. The summed E-state index contributed by atoms with van der Waals surface area (Å²) >= 11 is 5.78. The second-order valence-corrected chi connectivity index (χ2v) is 2.62. The summed E-state index contributed by atoms with van der Waals surface area (Å²) in [5.41, 5.74) is 0.800. The molecule has 0 aliphatic carbocycles. The van der Waals surface area contributed by atoms with Gasteiger partial charge in [0.1, 0.15) is 5.75 Å². The summed E-state index contributed by atoms with van der Waals surface area (Å²) in [5.74, 6) is 0.210. The first-order valence-electron chi connectivity index (χ1n) is 3.20. The zero-order chi connectivity index (χ0) is 8.27. The Hall–Kier alpha value is -0.730. The van der Waals surface area contributed by atoms with E-state index in [1.165, 1.54) is 0 Å². The standard InChI is InChI=1S/C8H9ClO2/c1-11-5-6-4-7(10)2-3-8(6)9/h2-4,10H,5H2,1H3. The van der Waals surface area contributed by atoms with E-state index in [0.717, 1.165) is 5.56 Å². The summed E-state index contributed by atoms with van der Waals surface area (Å²) in [6.07, 6.45) is 0. The SMILES string of the molecule is COCc1cc(O)ccc1Cl. The van der Waals surface area contributed by atoms with Crippen molar-refractivity contribution in [3.05, 3.63) is 28.8 Å². The first-order chi connectivity index (χ1) is 5.24. The number of methoxy groups -OCH3 is 1. The van der Waals surface area contributed by atoms with Crippen LogP contribution >= 0.6 is 11.6 Å². The molecule has 0 radical (unpaired) electrons. The van der Waals surface area contributed by atoms with E-state index in [1.807, 2.05) is 0 Å². The molecule has 0 heterocycles. The predicted octanol–water partition coefficient (Wildman–Crippen LogP) is 2.19. The van der Waals surface area contributed by atoms with Gasteiger partial charge in [-0.2, -0.15) is 0 Å². The lowest BCUT2D eigenvalue weighted by molar-refractivity contribution is 0.184. The number of aromatic hydroxyl groups is 1. The molecule has 60 valence electrons. The Morgan fingerprint density at radius 1 is 1.55 bits per heavy atom. The summed E-state index contributed by atoms with van der Waals surface area (Å²) < 4.78 is 4.87. The molecule has 0 amide bonds. The molecular formula is C8H9ClO2. The summed E-state index contributed by atoms with van der Waals surface area (Å²) in [6.45, 7) is 0.424. The zero-order valence-electron chi connectivity index (χ0n) is 6.17. The average molecular weight is 173 g/mol. The molecule has 0 saturated heterocycles. The Morgan fingerprint density at radius 3 is 2.91 bits per heavy atom. The van der Waals surface area contributed by atoms with Crippen molar-refractivity contribution in [2.45, 2.75) is 6.61 Å². The van der Waals surface area contributed by atoms with Crippen LogP contribution in [0.15, 0.2) is 18.2 Å². The number of ether oxygens (including phenoxy) is 1. The lowest BCUT2D eigenvalue weighted by Crippen LogP contribution is -1.87. The summed E-state index contributed by atoms with van der Waals surface area (Å²) in [6, 6.07) is 4.78. The van der Waals surface area contributed by atoms with Gasteiger partial charge in [0, 0.05) is 12.1 Å². The summed E-state index contributed by atoms with van der Waals surface area (Å²) in [7, 11) is 1.58. The van der Waals surface area contributed by atoms with Crippen LogP contribution in [0.2, 0.25) is 5.02 Å². The number of phenols is 1. The van der Waals surface area contributed by atoms with Gasteiger partial charge < -0.3 is 9.84 Å². The van der Waals surface area contributed by atoms with Crippen LogP contribution in [-0.4, -0.2) is 12.2 Å². The van der Waals surface area contributed by atoms with Crippen LogP contribution in [0.25, 0.3) is 0 Å². The maximum atomic E-state index is 9.05. The van der Waals surface area contributed by atoms with Gasteiger partial charge in [0.2, 0.25) is 0 Å². The lowest BCUT2D eigenvalue weighted by Gasteiger charge is -2.02. The fourth-order valence-corrected chi connectivity index (χ4v) is 0.999. The molecule has 0 spiro atoms. The molecule has 1 N–H and O–H groups in total. The Balaban J connectivity index is 2.93. The van der Waals surface area contributed by atoms with Gasteiger partial charge in [0.25, 0.3) is 0 Å². The van der Waals surface area contributed by atoms with E-state index in [-0.39, 0.29) is 5.75 Å². The quantitative estimate of drug-likeness (QED) is 0.741. The van der Waals surface area contributed by atoms with Gasteiger partial charge in [0.05, 0.1) is 6.61 Å². The summed E-state index contributed by atoms with van der Waals surface area (Å²) in [4.78, 5) is 0. The normalized spacial score (nSPS) is 10.0. The Bertz CT molecular complexity index is 248. The zero-order valence-corrected chi connectivity index (χ0v) is 6.93. The van der Waals surface area contributed by atoms with Gasteiger partial charge in [-0.05, 0) is 23.8 Å². The van der Waals surface area contributed by atoms with E-state index in [0.29, 0.717) is 11.6 Å². The highest BCUT2D eigenvalue weighted by Crippen LogP contribution is 2.21. The molecule has 1 aromatic carbocycles. The van der Waals surface area contributed by atoms with Gasteiger partial charge in [0.15, 0.2) is 0 Å². The monoisotopic (exact) mass is 172 g/mol. The minimum atomic E-state index is 0.210. The molecule has 0 aliphatic heterocycles. The third-order valence-corrected chi connectivity index (χ3v) is 1.70. The number of phenolic OH excluding ortho intramolecular Hbond substituents is 1. The van der Waals surface area contributed by atoms with Crippen LogP contribution in [-0.2, 0) is 11.3 Å². The molecule has 0 fully saturated rings. The first-order valence-corrected chi connectivity index (χ1v) is 3.58. The molecule has 1 aromatic rings. The van der Waals surface area contributed by atoms with Crippen molar-refractivity contribution in [2.24, 2.45) is 0 Å². The van der Waals surface area contributed by atoms with Crippen LogP contribution in [0.1, 0.15) is 5.56 Å². The second kappa shape index (κ2) is 3.60. The van der Waals surface area contributed by atoms with Gasteiger partial charge >= 0.3 is 0 Å². The third kappa shape index (κ3) is 2.10. The van der Waals surface area contributed by atoms with Crippen LogP contribution in [0, 0.1) is 0 Å². The number of hydrogen-bond acceptors (Lipinski definition) is 2. The fourth-order valence-electron chi connectivity index (χ4n) is 0.827.